The second-order valence-corrected chi connectivity index (χ2v) is 5.79. The Morgan fingerprint density at radius 1 is 1.21 bits per heavy atom. The molecule has 0 N–H and O–H groups in total. The molecule has 0 aromatic heterocycles. The van der Waals surface area contributed by atoms with Gasteiger partial charge in [-0.05, 0) is 37.0 Å². The third-order valence-corrected chi connectivity index (χ3v) is 4.14. The Bertz CT molecular complexity index is 457. The third-order valence-electron chi connectivity index (χ3n) is 4.14. The molecule has 1 saturated carbocycles. The zero-order valence-electron chi connectivity index (χ0n) is 12.3. The van der Waals surface area contributed by atoms with Crippen molar-refractivity contribution in [3.63, 3.8) is 0 Å². The lowest BCUT2D eigenvalue weighted by Crippen LogP contribution is -2.14. The van der Waals surface area contributed by atoms with Crippen LogP contribution in [0.15, 0.2) is 12.1 Å². The molecule has 0 radical (unpaired) electrons. The summed E-state index contributed by atoms with van der Waals surface area (Å²) in [5.41, 5.74) is 2.97. The summed E-state index contributed by atoms with van der Waals surface area (Å²) in [4.78, 5) is 12.5. The lowest BCUT2D eigenvalue weighted by atomic mass is 9.84. The van der Waals surface area contributed by atoms with Gasteiger partial charge in [0.2, 0.25) is 0 Å². The van der Waals surface area contributed by atoms with Crippen molar-refractivity contribution in [3.8, 4) is 5.75 Å². The van der Waals surface area contributed by atoms with Crippen LogP contribution in [-0.2, 0) is 0 Å². The van der Waals surface area contributed by atoms with Crippen LogP contribution < -0.4 is 4.74 Å². The van der Waals surface area contributed by atoms with Gasteiger partial charge in [0.15, 0.2) is 5.78 Å². The molecule has 0 atom stereocenters. The van der Waals surface area contributed by atoms with Crippen molar-refractivity contribution in [1.29, 1.82) is 0 Å². The van der Waals surface area contributed by atoms with Gasteiger partial charge in [-0.1, -0.05) is 38.2 Å². The zero-order valence-corrected chi connectivity index (χ0v) is 12.3. The van der Waals surface area contributed by atoms with Crippen LogP contribution in [0.25, 0.3) is 0 Å². The van der Waals surface area contributed by atoms with E-state index in [9.17, 15) is 4.79 Å². The molecule has 0 amide bonds. The van der Waals surface area contributed by atoms with Crippen LogP contribution in [0.2, 0.25) is 0 Å². The molecule has 0 spiro atoms. The van der Waals surface area contributed by atoms with E-state index in [4.69, 9.17) is 4.74 Å². The number of rotatable bonds is 4. The molecule has 1 aliphatic carbocycles. The van der Waals surface area contributed by atoms with Crippen molar-refractivity contribution in [2.24, 2.45) is 5.92 Å². The Kier molecular flexibility index (Phi) is 4.62. The standard InChI is InChI=1S/C17H24O2/c1-12-9-13(2)17(16(10-12)19-3)15(18)11-14-7-5-4-6-8-14/h9-10,14H,4-8,11H2,1-3H3. The fourth-order valence-electron chi connectivity index (χ4n) is 3.20. The number of carbonyl (C=O) groups excluding carboxylic acids is 1. The molecule has 1 aromatic carbocycles. The Morgan fingerprint density at radius 3 is 2.53 bits per heavy atom. The molecule has 2 rings (SSSR count). The van der Waals surface area contributed by atoms with E-state index < -0.39 is 0 Å². The lowest BCUT2D eigenvalue weighted by molar-refractivity contribution is 0.0946. The molecule has 0 heterocycles. The maximum Gasteiger partial charge on any atom is 0.167 e. The maximum absolute atomic E-state index is 12.5. The van der Waals surface area contributed by atoms with Gasteiger partial charge < -0.3 is 4.74 Å². The zero-order chi connectivity index (χ0) is 13.8. The van der Waals surface area contributed by atoms with E-state index in [2.05, 4.69) is 6.07 Å². The number of carbonyl (C=O) groups is 1. The van der Waals surface area contributed by atoms with Crippen LogP contribution in [0.4, 0.5) is 0 Å². The molecule has 19 heavy (non-hydrogen) atoms. The van der Waals surface area contributed by atoms with Crippen molar-refractivity contribution in [2.45, 2.75) is 52.4 Å². The van der Waals surface area contributed by atoms with E-state index in [0.717, 1.165) is 22.4 Å². The molecule has 104 valence electrons. The van der Waals surface area contributed by atoms with Gasteiger partial charge in [0.05, 0.1) is 12.7 Å². The van der Waals surface area contributed by atoms with Crippen LogP contribution in [0, 0.1) is 19.8 Å². The summed E-state index contributed by atoms with van der Waals surface area (Å²) in [6.07, 6.45) is 6.99. The molecule has 2 nitrogen and oxygen atoms in total. The first kappa shape index (κ1) is 14.1. The number of aryl methyl sites for hydroxylation is 2. The number of Topliss-reactive ketones (excluding diaryl/α,β-unsaturated/α-hetero) is 1. The fraction of sp³-hybridized carbons (Fsp3) is 0.588. The van der Waals surface area contributed by atoms with Crippen molar-refractivity contribution in [2.75, 3.05) is 7.11 Å². The van der Waals surface area contributed by atoms with Gasteiger partial charge in [0.25, 0.3) is 0 Å². The van der Waals surface area contributed by atoms with E-state index >= 15 is 0 Å². The highest BCUT2D eigenvalue weighted by molar-refractivity contribution is 6.00. The summed E-state index contributed by atoms with van der Waals surface area (Å²) < 4.78 is 5.40. The van der Waals surface area contributed by atoms with Gasteiger partial charge in [-0.3, -0.25) is 4.79 Å². The second-order valence-electron chi connectivity index (χ2n) is 5.79. The van der Waals surface area contributed by atoms with Gasteiger partial charge in [0, 0.05) is 6.42 Å². The molecule has 1 aromatic rings. The summed E-state index contributed by atoms with van der Waals surface area (Å²) in [7, 11) is 1.64. The second kappa shape index (κ2) is 6.23. The minimum atomic E-state index is 0.251. The van der Waals surface area contributed by atoms with Crippen LogP contribution in [0.3, 0.4) is 0 Å². The van der Waals surface area contributed by atoms with Gasteiger partial charge in [-0.15, -0.1) is 0 Å². The molecule has 0 saturated heterocycles. The highest BCUT2D eigenvalue weighted by atomic mass is 16.5. The summed E-state index contributed by atoms with van der Waals surface area (Å²) in [5, 5.41) is 0. The van der Waals surface area contributed by atoms with Crippen LogP contribution in [0.1, 0.15) is 60.0 Å². The van der Waals surface area contributed by atoms with Crippen molar-refractivity contribution < 1.29 is 9.53 Å². The average molecular weight is 260 g/mol. The van der Waals surface area contributed by atoms with Gasteiger partial charge in [0.1, 0.15) is 5.75 Å². The van der Waals surface area contributed by atoms with E-state index in [1.807, 2.05) is 19.9 Å². The highest BCUT2D eigenvalue weighted by Crippen LogP contribution is 2.31. The number of benzene rings is 1. The predicted molar refractivity (Wildman–Crippen MR) is 78.0 cm³/mol. The predicted octanol–water partition coefficient (Wildman–Crippen LogP) is 4.47. The summed E-state index contributed by atoms with van der Waals surface area (Å²) in [6.45, 7) is 4.04. The summed E-state index contributed by atoms with van der Waals surface area (Å²) >= 11 is 0. The molecule has 0 unspecified atom stereocenters. The van der Waals surface area contributed by atoms with Gasteiger partial charge >= 0.3 is 0 Å². The summed E-state index contributed by atoms with van der Waals surface area (Å²) in [6, 6.07) is 4.03. The topological polar surface area (TPSA) is 26.3 Å². The van der Waals surface area contributed by atoms with Crippen molar-refractivity contribution in [3.05, 3.63) is 28.8 Å². The normalized spacial score (nSPS) is 16.4. The highest BCUT2D eigenvalue weighted by Gasteiger charge is 2.21. The molecule has 1 fully saturated rings. The van der Waals surface area contributed by atoms with Crippen LogP contribution in [-0.4, -0.2) is 12.9 Å². The number of hydrogen-bond donors (Lipinski definition) is 0. The average Bonchev–Trinajstić information content (AvgIpc) is 2.38. The third kappa shape index (κ3) is 3.37. The Morgan fingerprint density at radius 2 is 1.89 bits per heavy atom. The molecule has 0 aliphatic heterocycles. The number of methoxy groups -OCH3 is 1. The smallest absolute Gasteiger partial charge is 0.167 e. The molecular formula is C17H24O2. The Balaban J connectivity index is 2.18. The minimum Gasteiger partial charge on any atom is -0.496 e. The van der Waals surface area contributed by atoms with E-state index in [-0.39, 0.29) is 5.78 Å². The quantitative estimate of drug-likeness (QED) is 0.747. The number of hydrogen-bond acceptors (Lipinski definition) is 2. The SMILES string of the molecule is COc1cc(C)cc(C)c1C(=O)CC1CCCCC1. The summed E-state index contributed by atoms with van der Waals surface area (Å²) in [5.74, 6) is 1.56. The molecule has 0 bridgehead atoms. The monoisotopic (exact) mass is 260 g/mol. The lowest BCUT2D eigenvalue weighted by Gasteiger charge is -2.21. The molecule has 2 heteroatoms. The maximum atomic E-state index is 12.5. The Labute approximate surface area is 116 Å². The van der Waals surface area contributed by atoms with Gasteiger partial charge in [-0.2, -0.15) is 0 Å². The Hall–Kier alpha value is -1.31. The van der Waals surface area contributed by atoms with E-state index in [1.165, 1.54) is 32.1 Å². The van der Waals surface area contributed by atoms with Crippen LogP contribution in [0.5, 0.6) is 5.75 Å². The fourth-order valence-corrected chi connectivity index (χ4v) is 3.20. The van der Waals surface area contributed by atoms with E-state index in [1.54, 1.807) is 7.11 Å². The first-order valence-corrected chi connectivity index (χ1v) is 7.30. The first-order valence-electron chi connectivity index (χ1n) is 7.30. The van der Waals surface area contributed by atoms with Crippen molar-refractivity contribution >= 4 is 5.78 Å². The molecular weight excluding hydrogens is 236 g/mol. The number of ketones is 1. The first-order chi connectivity index (χ1) is 9.11. The number of ether oxygens (including phenoxy) is 1. The molecule has 1 aliphatic rings. The largest absolute Gasteiger partial charge is 0.496 e. The minimum absolute atomic E-state index is 0.251. The van der Waals surface area contributed by atoms with Gasteiger partial charge in [-0.25, -0.2) is 0 Å². The van der Waals surface area contributed by atoms with Crippen molar-refractivity contribution in [1.82, 2.24) is 0 Å². The van der Waals surface area contributed by atoms with Crippen LogP contribution >= 0.6 is 0 Å². The van der Waals surface area contributed by atoms with E-state index in [0.29, 0.717) is 12.3 Å².